The van der Waals surface area contributed by atoms with Gasteiger partial charge in [0.15, 0.2) is 5.78 Å². The highest BCUT2D eigenvalue weighted by Crippen LogP contribution is 2.06. The van der Waals surface area contributed by atoms with Crippen LogP contribution in [0.5, 0.6) is 0 Å². The van der Waals surface area contributed by atoms with E-state index in [-0.39, 0.29) is 12.3 Å². The van der Waals surface area contributed by atoms with E-state index in [4.69, 9.17) is 5.73 Å². The van der Waals surface area contributed by atoms with Crippen LogP contribution < -0.4 is 5.73 Å². The summed E-state index contributed by atoms with van der Waals surface area (Å²) in [5.41, 5.74) is 5.88. The maximum Gasteiger partial charge on any atom is 0.176 e. The highest BCUT2D eigenvalue weighted by atomic mass is 127. The molecule has 0 saturated heterocycles. The van der Waals surface area contributed by atoms with Gasteiger partial charge >= 0.3 is 0 Å². The topological polar surface area (TPSA) is 43.1 Å². The van der Waals surface area contributed by atoms with E-state index in [9.17, 15) is 4.79 Å². The van der Waals surface area contributed by atoms with Gasteiger partial charge in [-0.1, -0.05) is 12.1 Å². The summed E-state index contributed by atoms with van der Waals surface area (Å²) in [6, 6.07) is 7.36. The Bertz CT molecular complexity index is 255. The van der Waals surface area contributed by atoms with Crippen molar-refractivity contribution in [2.45, 2.75) is 0 Å². The van der Waals surface area contributed by atoms with E-state index in [1.165, 1.54) is 0 Å². The van der Waals surface area contributed by atoms with Crippen molar-refractivity contribution in [3.63, 3.8) is 0 Å². The predicted molar refractivity (Wildman–Crippen MR) is 52.5 cm³/mol. The quantitative estimate of drug-likeness (QED) is 0.646. The zero-order chi connectivity index (χ0) is 8.27. The van der Waals surface area contributed by atoms with Gasteiger partial charge in [0, 0.05) is 9.13 Å². The van der Waals surface area contributed by atoms with Gasteiger partial charge < -0.3 is 5.73 Å². The minimum atomic E-state index is -0.0126. The first kappa shape index (κ1) is 8.67. The number of carbonyl (C=O) groups excluding carboxylic acids is 1. The lowest BCUT2D eigenvalue weighted by Crippen LogP contribution is -2.13. The van der Waals surface area contributed by atoms with Crippen LogP contribution >= 0.6 is 22.6 Å². The van der Waals surface area contributed by atoms with Crippen LogP contribution in [0.4, 0.5) is 0 Å². The molecule has 0 aliphatic heterocycles. The highest BCUT2D eigenvalue weighted by molar-refractivity contribution is 14.1. The molecule has 11 heavy (non-hydrogen) atoms. The smallest absolute Gasteiger partial charge is 0.176 e. The van der Waals surface area contributed by atoms with E-state index >= 15 is 0 Å². The lowest BCUT2D eigenvalue weighted by Gasteiger charge is -1.96. The van der Waals surface area contributed by atoms with Crippen molar-refractivity contribution in [1.82, 2.24) is 0 Å². The van der Waals surface area contributed by atoms with E-state index in [0.29, 0.717) is 5.56 Å². The molecule has 0 aliphatic rings. The predicted octanol–water partition coefficient (Wildman–Crippen LogP) is 1.43. The molecular formula is C8H8INO. The van der Waals surface area contributed by atoms with Crippen molar-refractivity contribution in [3.05, 3.63) is 33.4 Å². The van der Waals surface area contributed by atoms with E-state index in [0.717, 1.165) is 3.57 Å². The molecule has 0 heterocycles. The average Bonchev–Trinajstić information content (AvgIpc) is 2.05. The Morgan fingerprint density at radius 1 is 1.36 bits per heavy atom. The van der Waals surface area contributed by atoms with E-state index in [1.807, 2.05) is 12.1 Å². The third-order valence-corrected chi connectivity index (χ3v) is 2.07. The monoisotopic (exact) mass is 261 g/mol. The second-order valence-corrected chi connectivity index (χ2v) is 3.38. The minimum Gasteiger partial charge on any atom is -0.324 e. The SMILES string of the molecule is NCC(=O)c1ccc(I)cc1. The van der Waals surface area contributed by atoms with Crippen LogP contribution in [-0.2, 0) is 0 Å². The first-order chi connectivity index (χ1) is 5.24. The van der Waals surface area contributed by atoms with Crippen molar-refractivity contribution in [3.8, 4) is 0 Å². The fourth-order valence-electron chi connectivity index (χ4n) is 0.754. The first-order valence-corrected chi connectivity index (χ1v) is 4.31. The summed E-state index contributed by atoms with van der Waals surface area (Å²) in [7, 11) is 0. The Kier molecular flexibility index (Phi) is 3.02. The Morgan fingerprint density at radius 3 is 2.36 bits per heavy atom. The van der Waals surface area contributed by atoms with Crippen molar-refractivity contribution < 1.29 is 4.79 Å². The Hall–Kier alpha value is -0.420. The summed E-state index contributed by atoms with van der Waals surface area (Å²) in [4.78, 5) is 11.0. The Morgan fingerprint density at radius 2 is 1.91 bits per heavy atom. The van der Waals surface area contributed by atoms with Gasteiger partial charge in [-0.15, -0.1) is 0 Å². The largest absolute Gasteiger partial charge is 0.324 e. The molecule has 58 valence electrons. The average molecular weight is 261 g/mol. The van der Waals surface area contributed by atoms with Crippen molar-refractivity contribution >= 4 is 28.4 Å². The lowest BCUT2D eigenvalue weighted by molar-refractivity contribution is 0.100. The molecular weight excluding hydrogens is 253 g/mol. The Balaban J connectivity index is 2.90. The number of ketones is 1. The zero-order valence-electron chi connectivity index (χ0n) is 5.88. The van der Waals surface area contributed by atoms with E-state index < -0.39 is 0 Å². The van der Waals surface area contributed by atoms with Crippen molar-refractivity contribution in [1.29, 1.82) is 0 Å². The van der Waals surface area contributed by atoms with Crippen LogP contribution in [0.1, 0.15) is 10.4 Å². The Labute approximate surface area is 78.9 Å². The molecule has 1 aromatic carbocycles. The highest BCUT2D eigenvalue weighted by Gasteiger charge is 2.00. The number of rotatable bonds is 2. The summed E-state index contributed by atoms with van der Waals surface area (Å²) in [6.07, 6.45) is 0. The number of Topliss-reactive ketones (excluding diaryl/α,β-unsaturated/α-hetero) is 1. The van der Waals surface area contributed by atoms with Crippen LogP contribution in [0, 0.1) is 3.57 Å². The second-order valence-electron chi connectivity index (χ2n) is 2.13. The van der Waals surface area contributed by atoms with E-state index in [2.05, 4.69) is 22.6 Å². The minimum absolute atomic E-state index is 0.0126. The fraction of sp³-hybridized carbons (Fsp3) is 0.125. The number of nitrogens with two attached hydrogens (primary N) is 1. The first-order valence-electron chi connectivity index (χ1n) is 3.23. The van der Waals surface area contributed by atoms with E-state index in [1.54, 1.807) is 12.1 Å². The van der Waals surface area contributed by atoms with Gasteiger partial charge in [-0.3, -0.25) is 4.79 Å². The summed E-state index contributed by atoms with van der Waals surface area (Å²) in [5.74, 6) is -0.0126. The summed E-state index contributed by atoms with van der Waals surface area (Å²) >= 11 is 2.19. The normalized spacial score (nSPS) is 9.64. The maximum absolute atomic E-state index is 11.0. The van der Waals surface area contributed by atoms with Crippen LogP contribution in [-0.4, -0.2) is 12.3 Å². The van der Waals surface area contributed by atoms with Gasteiger partial charge in [0.25, 0.3) is 0 Å². The zero-order valence-corrected chi connectivity index (χ0v) is 8.04. The van der Waals surface area contributed by atoms with Crippen molar-refractivity contribution in [2.75, 3.05) is 6.54 Å². The van der Waals surface area contributed by atoms with Gasteiger partial charge in [0.1, 0.15) is 0 Å². The van der Waals surface area contributed by atoms with Gasteiger partial charge in [-0.05, 0) is 34.7 Å². The number of halogens is 1. The molecule has 0 aliphatic carbocycles. The fourth-order valence-corrected chi connectivity index (χ4v) is 1.11. The molecule has 1 rings (SSSR count). The van der Waals surface area contributed by atoms with Gasteiger partial charge in [-0.25, -0.2) is 0 Å². The maximum atomic E-state index is 11.0. The molecule has 0 radical (unpaired) electrons. The third kappa shape index (κ3) is 2.27. The molecule has 0 amide bonds. The van der Waals surface area contributed by atoms with Crippen LogP contribution in [0.2, 0.25) is 0 Å². The molecule has 0 saturated carbocycles. The molecule has 0 aromatic heterocycles. The van der Waals surface area contributed by atoms with Gasteiger partial charge in [0.2, 0.25) is 0 Å². The third-order valence-electron chi connectivity index (χ3n) is 1.35. The number of hydrogen-bond acceptors (Lipinski definition) is 2. The molecule has 0 unspecified atom stereocenters. The second kappa shape index (κ2) is 3.82. The van der Waals surface area contributed by atoms with Crippen LogP contribution in [0.25, 0.3) is 0 Å². The van der Waals surface area contributed by atoms with Crippen LogP contribution in [0.15, 0.2) is 24.3 Å². The number of benzene rings is 1. The standard InChI is InChI=1S/C8H8INO/c9-7-3-1-6(2-4-7)8(11)5-10/h1-4H,5,10H2. The molecule has 0 bridgehead atoms. The summed E-state index contributed by atoms with van der Waals surface area (Å²) in [6.45, 7) is 0.0839. The number of carbonyl (C=O) groups is 1. The molecule has 3 heteroatoms. The summed E-state index contributed by atoms with van der Waals surface area (Å²) < 4.78 is 1.12. The molecule has 2 nitrogen and oxygen atoms in total. The lowest BCUT2D eigenvalue weighted by atomic mass is 10.1. The summed E-state index contributed by atoms with van der Waals surface area (Å²) in [5, 5.41) is 0. The van der Waals surface area contributed by atoms with Gasteiger partial charge in [-0.2, -0.15) is 0 Å². The van der Waals surface area contributed by atoms with Crippen LogP contribution in [0.3, 0.4) is 0 Å². The van der Waals surface area contributed by atoms with Gasteiger partial charge in [0.05, 0.1) is 6.54 Å². The molecule has 0 atom stereocenters. The molecule has 0 fully saturated rings. The van der Waals surface area contributed by atoms with Crippen molar-refractivity contribution in [2.24, 2.45) is 5.73 Å². The number of hydrogen-bond donors (Lipinski definition) is 1. The molecule has 1 aromatic rings. The molecule has 0 spiro atoms. The molecule has 2 N–H and O–H groups in total.